The van der Waals surface area contributed by atoms with Gasteiger partial charge in [-0.3, -0.25) is 9.69 Å². The summed E-state index contributed by atoms with van der Waals surface area (Å²) in [6.07, 6.45) is 2.39. The van der Waals surface area contributed by atoms with Gasteiger partial charge in [0, 0.05) is 12.1 Å². The zero-order valence-electron chi connectivity index (χ0n) is 19.7. The van der Waals surface area contributed by atoms with Crippen LogP contribution in [0.4, 0.5) is 5.95 Å². The van der Waals surface area contributed by atoms with Crippen molar-refractivity contribution in [2.75, 3.05) is 19.4 Å². The fourth-order valence-corrected chi connectivity index (χ4v) is 5.45. The number of aromatic amines is 1. The van der Waals surface area contributed by atoms with Crippen LogP contribution in [0.5, 0.6) is 5.75 Å². The van der Waals surface area contributed by atoms with E-state index in [0.717, 1.165) is 33.3 Å². The van der Waals surface area contributed by atoms with Crippen molar-refractivity contribution in [2.24, 2.45) is 0 Å². The lowest BCUT2D eigenvalue weighted by Crippen LogP contribution is -2.30. The number of benzene rings is 3. The van der Waals surface area contributed by atoms with Crippen LogP contribution in [-0.2, 0) is 11.2 Å². The number of carboxylic acids is 1. The summed E-state index contributed by atoms with van der Waals surface area (Å²) in [5.74, 6) is -0.0663. The van der Waals surface area contributed by atoms with E-state index >= 15 is 0 Å². The van der Waals surface area contributed by atoms with Gasteiger partial charge in [0.25, 0.3) is 5.91 Å². The van der Waals surface area contributed by atoms with Gasteiger partial charge < -0.3 is 20.6 Å². The lowest BCUT2D eigenvalue weighted by atomic mass is 10.0. The maximum absolute atomic E-state index is 13.1. The minimum atomic E-state index is -0.970. The van der Waals surface area contributed by atoms with Crippen LogP contribution in [0.25, 0.3) is 28.2 Å². The molecule has 0 saturated carbocycles. The molecule has 4 N–H and O–H groups in total. The summed E-state index contributed by atoms with van der Waals surface area (Å²) in [6, 6.07) is 18.2. The summed E-state index contributed by atoms with van der Waals surface area (Å²) in [4.78, 5) is 33.6. The number of carbonyl (C=O) groups excluding carboxylic acids is 1. The largest absolute Gasteiger partial charge is 0.496 e. The number of fused-ring (bicyclic) bond motifs is 1. The van der Waals surface area contributed by atoms with E-state index in [4.69, 9.17) is 27.8 Å². The van der Waals surface area contributed by atoms with Crippen molar-refractivity contribution in [1.82, 2.24) is 14.9 Å². The molecular weight excluding hydrogens is 508 g/mol. The van der Waals surface area contributed by atoms with Gasteiger partial charge in [-0.25, -0.2) is 9.78 Å². The number of rotatable bonds is 7. The van der Waals surface area contributed by atoms with Gasteiger partial charge in [-0.15, -0.1) is 0 Å². The summed E-state index contributed by atoms with van der Waals surface area (Å²) in [7, 11) is 1.62. The molecule has 1 amide bonds. The summed E-state index contributed by atoms with van der Waals surface area (Å²) in [5, 5.41) is 9.06. The third-order valence-electron chi connectivity index (χ3n) is 6.03. The molecule has 186 valence electrons. The van der Waals surface area contributed by atoms with Crippen LogP contribution < -0.4 is 10.5 Å². The van der Waals surface area contributed by atoms with E-state index in [9.17, 15) is 9.59 Å². The second kappa shape index (κ2) is 10.1. The molecule has 5 rings (SSSR count). The molecule has 37 heavy (non-hydrogen) atoms. The number of thiocarbonyl (C=S) groups is 1. The molecule has 2 heterocycles. The normalized spacial score (nSPS) is 14.6. The maximum Gasteiger partial charge on any atom is 0.335 e. The summed E-state index contributed by atoms with van der Waals surface area (Å²) >= 11 is 6.75. The molecule has 1 aliphatic rings. The number of anilines is 1. The average molecular weight is 531 g/mol. The number of methoxy groups -OCH3 is 1. The number of hydrogen-bond acceptors (Lipinski definition) is 7. The second-order valence-electron chi connectivity index (χ2n) is 8.40. The Balaban J connectivity index is 1.36. The number of carbonyl (C=O) groups is 2. The van der Waals surface area contributed by atoms with Gasteiger partial charge >= 0.3 is 5.97 Å². The molecule has 0 radical (unpaired) electrons. The molecular formula is C27H22N4O4S2. The van der Waals surface area contributed by atoms with Crippen LogP contribution in [0.15, 0.2) is 65.6 Å². The Kier molecular flexibility index (Phi) is 6.68. The van der Waals surface area contributed by atoms with E-state index < -0.39 is 5.97 Å². The Morgan fingerprint density at radius 3 is 2.70 bits per heavy atom. The number of aromatic carboxylic acids is 1. The summed E-state index contributed by atoms with van der Waals surface area (Å²) < 4.78 is 6.08. The van der Waals surface area contributed by atoms with Gasteiger partial charge in [-0.1, -0.05) is 48.2 Å². The third kappa shape index (κ3) is 5.07. The smallest absolute Gasteiger partial charge is 0.335 e. The van der Waals surface area contributed by atoms with Crippen LogP contribution in [-0.4, -0.2) is 49.8 Å². The molecule has 4 aromatic rings. The molecule has 8 nitrogen and oxygen atoms in total. The number of nitrogens with one attached hydrogen (secondary N) is 1. The number of amides is 1. The minimum Gasteiger partial charge on any atom is -0.496 e. The number of hydrogen-bond donors (Lipinski definition) is 3. The molecule has 0 spiro atoms. The van der Waals surface area contributed by atoms with Crippen molar-refractivity contribution >= 4 is 63.2 Å². The maximum atomic E-state index is 13.1. The van der Waals surface area contributed by atoms with E-state index in [1.54, 1.807) is 36.3 Å². The number of nitrogens with two attached hydrogens (primary N) is 1. The lowest BCUT2D eigenvalue weighted by molar-refractivity contribution is -0.122. The monoisotopic (exact) mass is 530 g/mol. The van der Waals surface area contributed by atoms with Gasteiger partial charge in [-0.2, -0.15) is 0 Å². The highest BCUT2D eigenvalue weighted by Crippen LogP contribution is 2.36. The highest BCUT2D eigenvalue weighted by atomic mass is 32.2. The van der Waals surface area contributed by atoms with Crippen molar-refractivity contribution in [2.45, 2.75) is 6.42 Å². The quantitative estimate of drug-likeness (QED) is 0.226. The molecule has 0 atom stereocenters. The minimum absolute atomic E-state index is 0.149. The van der Waals surface area contributed by atoms with Crippen LogP contribution in [0.2, 0.25) is 0 Å². The van der Waals surface area contributed by atoms with Crippen molar-refractivity contribution in [1.29, 1.82) is 0 Å². The number of carboxylic acid groups (broad SMARTS) is 1. The summed E-state index contributed by atoms with van der Waals surface area (Å²) in [6.45, 7) is 0.412. The Morgan fingerprint density at radius 2 is 1.97 bits per heavy atom. The molecule has 1 fully saturated rings. The third-order valence-corrected chi connectivity index (χ3v) is 7.41. The number of H-pyrrole nitrogens is 1. The predicted octanol–water partition coefficient (Wildman–Crippen LogP) is 4.96. The predicted molar refractivity (Wildman–Crippen MR) is 149 cm³/mol. The molecule has 10 heteroatoms. The van der Waals surface area contributed by atoms with E-state index in [1.165, 1.54) is 11.8 Å². The zero-order valence-corrected chi connectivity index (χ0v) is 21.4. The van der Waals surface area contributed by atoms with Gasteiger partial charge in [0.1, 0.15) is 10.1 Å². The van der Waals surface area contributed by atoms with Gasteiger partial charge in [0.2, 0.25) is 0 Å². The molecule has 3 aromatic carbocycles. The number of ether oxygens (including phenoxy) is 1. The SMILES string of the molecule is COc1ccc(C=C2SC(=S)N(CCc3ccc(C(=O)O)cc3)C2=O)cc1-c1ccc2nc(N)[nH]c2c1. The first-order chi connectivity index (χ1) is 17.8. The van der Waals surface area contributed by atoms with Crippen molar-refractivity contribution < 1.29 is 19.4 Å². The van der Waals surface area contributed by atoms with Crippen LogP contribution in [0.3, 0.4) is 0 Å². The fraction of sp³-hybridized carbons (Fsp3) is 0.111. The first-order valence-electron chi connectivity index (χ1n) is 11.3. The molecule has 0 bridgehead atoms. The van der Waals surface area contributed by atoms with Crippen LogP contribution >= 0.6 is 24.0 Å². The fourth-order valence-electron chi connectivity index (χ4n) is 4.14. The number of nitrogens with zero attached hydrogens (tertiary/aromatic N) is 2. The molecule has 1 aromatic heterocycles. The Bertz CT molecular complexity index is 1580. The van der Waals surface area contributed by atoms with Gasteiger partial charge in [0.05, 0.1) is 28.6 Å². The zero-order chi connectivity index (χ0) is 26.1. The van der Waals surface area contributed by atoms with E-state index in [-0.39, 0.29) is 11.5 Å². The molecule has 0 aliphatic carbocycles. The first-order valence-corrected chi connectivity index (χ1v) is 12.6. The number of imidazole rings is 1. The van der Waals surface area contributed by atoms with Crippen molar-refractivity contribution in [3.63, 3.8) is 0 Å². The Morgan fingerprint density at radius 1 is 1.19 bits per heavy atom. The highest BCUT2D eigenvalue weighted by Gasteiger charge is 2.31. The number of aromatic nitrogens is 2. The van der Waals surface area contributed by atoms with Crippen LogP contribution in [0, 0.1) is 0 Å². The van der Waals surface area contributed by atoms with E-state index in [0.29, 0.717) is 33.9 Å². The van der Waals surface area contributed by atoms with Crippen molar-refractivity contribution in [3.8, 4) is 16.9 Å². The number of nitrogen functional groups attached to an aromatic ring is 1. The Hall–Kier alpha value is -4.15. The van der Waals surface area contributed by atoms with Gasteiger partial charge in [0.15, 0.2) is 5.95 Å². The average Bonchev–Trinajstić information content (AvgIpc) is 3.39. The second-order valence-corrected chi connectivity index (χ2v) is 10.1. The molecule has 0 unspecified atom stereocenters. The van der Waals surface area contributed by atoms with E-state index in [1.807, 2.05) is 42.5 Å². The molecule has 1 saturated heterocycles. The first kappa shape index (κ1) is 24.5. The van der Waals surface area contributed by atoms with E-state index in [2.05, 4.69) is 9.97 Å². The van der Waals surface area contributed by atoms with Crippen molar-refractivity contribution in [3.05, 3.63) is 82.3 Å². The summed E-state index contributed by atoms with van der Waals surface area (Å²) in [5.41, 5.74) is 11.2. The lowest BCUT2D eigenvalue weighted by Gasteiger charge is -2.14. The topological polar surface area (TPSA) is 122 Å². The van der Waals surface area contributed by atoms with Crippen LogP contribution in [0.1, 0.15) is 21.5 Å². The number of thioether (sulfide) groups is 1. The highest BCUT2D eigenvalue weighted by molar-refractivity contribution is 8.26. The van der Waals surface area contributed by atoms with Gasteiger partial charge in [-0.05, 0) is 65.6 Å². The Labute approximate surface area is 222 Å². The standard InChI is InChI=1S/C27H22N4O4S2/c1-35-22-9-4-16(12-19(22)18-7-8-20-21(14-18)30-26(28)29-20)13-23-24(32)31(27(36)37-23)11-10-15-2-5-17(6-3-15)25(33)34/h2-9,12-14H,10-11H2,1H3,(H,33,34)(H3,28,29,30). The molecule has 1 aliphatic heterocycles.